The van der Waals surface area contributed by atoms with Crippen LogP contribution in [0.25, 0.3) is 10.8 Å². The molecule has 0 spiro atoms. The third-order valence-electron chi connectivity index (χ3n) is 5.45. The van der Waals surface area contributed by atoms with Gasteiger partial charge in [0.15, 0.2) is 0 Å². The lowest BCUT2D eigenvalue weighted by Gasteiger charge is -2.33. The van der Waals surface area contributed by atoms with Crippen molar-refractivity contribution in [2.75, 3.05) is 13.1 Å². The van der Waals surface area contributed by atoms with Gasteiger partial charge in [0.25, 0.3) is 15.4 Å². The highest BCUT2D eigenvalue weighted by Crippen LogP contribution is 2.30. The maximum atomic E-state index is 12.7. The number of hydrogen-bond donors (Lipinski definition) is 1. The highest BCUT2D eigenvalue weighted by atomic mass is 32.2. The number of benzene rings is 2. The zero-order valence-corrected chi connectivity index (χ0v) is 17.7. The van der Waals surface area contributed by atoms with Crippen LogP contribution in [-0.2, 0) is 16.4 Å². The van der Waals surface area contributed by atoms with Gasteiger partial charge < -0.3 is 9.72 Å². The van der Waals surface area contributed by atoms with Crippen LogP contribution in [0.4, 0.5) is 13.2 Å². The number of sulfone groups is 1. The van der Waals surface area contributed by atoms with Gasteiger partial charge in [0.1, 0.15) is 11.9 Å². The summed E-state index contributed by atoms with van der Waals surface area (Å²) in [5, 5.41) is 1.37. The number of likely N-dealkylation sites (tertiary alicyclic amines) is 1. The van der Waals surface area contributed by atoms with Crippen molar-refractivity contribution in [1.29, 1.82) is 0 Å². The van der Waals surface area contributed by atoms with Gasteiger partial charge in [-0.3, -0.25) is 9.69 Å². The molecule has 32 heavy (non-hydrogen) atoms. The van der Waals surface area contributed by atoms with E-state index in [1.54, 1.807) is 24.4 Å². The van der Waals surface area contributed by atoms with Crippen LogP contribution in [0, 0.1) is 0 Å². The SMILES string of the molecule is O=c1[nH]ccc2cc(OC3CCCN(Cc4ccc(S(=O)(=O)C(F)(F)F)cc4)C3)ccc12. The summed E-state index contributed by atoms with van der Waals surface area (Å²) < 4.78 is 67.2. The van der Waals surface area contributed by atoms with Crippen molar-refractivity contribution >= 4 is 20.6 Å². The van der Waals surface area contributed by atoms with Crippen molar-refractivity contribution in [2.45, 2.75) is 35.9 Å². The topological polar surface area (TPSA) is 79.5 Å². The lowest BCUT2D eigenvalue weighted by molar-refractivity contribution is -0.0436. The lowest BCUT2D eigenvalue weighted by atomic mass is 10.1. The van der Waals surface area contributed by atoms with E-state index in [-0.39, 0.29) is 11.7 Å². The number of fused-ring (bicyclic) bond motifs is 1. The second-order valence-corrected chi connectivity index (χ2v) is 9.71. The van der Waals surface area contributed by atoms with Crippen LogP contribution < -0.4 is 10.3 Å². The summed E-state index contributed by atoms with van der Waals surface area (Å²) in [6.07, 6.45) is 3.25. The fourth-order valence-corrected chi connectivity index (χ4v) is 4.62. The monoisotopic (exact) mass is 466 g/mol. The largest absolute Gasteiger partial charge is 0.501 e. The number of halogens is 3. The Morgan fingerprint density at radius 3 is 2.56 bits per heavy atom. The molecule has 2 heterocycles. The molecule has 0 saturated carbocycles. The Hall–Kier alpha value is -2.85. The van der Waals surface area contributed by atoms with Gasteiger partial charge in [-0.25, -0.2) is 8.42 Å². The second-order valence-electron chi connectivity index (χ2n) is 7.77. The summed E-state index contributed by atoms with van der Waals surface area (Å²) in [5.74, 6) is 0.664. The first-order valence-electron chi connectivity index (χ1n) is 10.0. The molecule has 1 atom stereocenters. The molecule has 1 saturated heterocycles. The Morgan fingerprint density at radius 2 is 1.84 bits per heavy atom. The maximum Gasteiger partial charge on any atom is 0.501 e. The number of nitrogens with zero attached hydrogens (tertiary/aromatic N) is 1. The van der Waals surface area contributed by atoms with Gasteiger partial charge in [0, 0.05) is 24.7 Å². The summed E-state index contributed by atoms with van der Waals surface area (Å²) in [4.78, 5) is 15.8. The van der Waals surface area contributed by atoms with Crippen molar-refractivity contribution in [2.24, 2.45) is 0 Å². The van der Waals surface area contributed by atoms with Crippen molar-refractivity contribution in [3.63, 3.8) is 0 Å². The molecule has 0 amide bonds. The van der Waals surface area contributed by atoms with Crippen LogP contribution in [0.2, 0.25) is 0 Å². The molecule has 2 aromatic carbocycles. The minimum atomic E-state index is -5.34. The smallest absolute Gasteiger partial charge is 0.489 e. The molecule has 170 valence electrons. The summed E-state index contributed by atoms with van der Waals surface area (Å²) in [6, 6.07) is 11.9. The second kappa shape index (κ2) is 8.59. The summed E-state index contributed by atoms with van der Waals surface area (Å²) in [6.45, 7) is 1.89. The number of piperidine rings is 1. The summed E-state index contributed by atoms with van der Waals surface area (Å²) in [5.41, 5.74) is -4.76. The highest BCUT2D eigenvalue weighted by molar-refractivity contribution is 7.92. The Labute approximate surface area is 182 Å². The fourth-order valence-electron chi connectivity index (χ4n) is 3.85. The van der Waals surface area contributed by atoms with Gasteiger partial charge in [-0.2, -0.15) is 13.2 Å². The molecule has 1 aliphatic rings. The quantitative estimate of drug-likeness (QED) is 0.618. The lowest BCUT2D eigenvalue weighted by Crippen LogP contribution is -2.40. The maximum absolute atomic E-state index is 12.7. The number of pyridine rings is 1. The average molecular weight is 466 g/mol. The molecule has 1 unspecified atom stereocenters. The third-order valence-corrected chi connectivity index (χ3v) is 6.96. The molecule has 1 aromatic heterocycles. The predicted molar refractivity (Wildman–Crippen MR) is 113 cm³/mol. The number of H-pyrrole nitrogens is 1. The first kappa shape index (κ1) is 22.3. The Kier molecular flexibility index (Phi) is 6.00. The summed E-state index contributed by atoms with van der Waals surface area (Å²) in [7, 11) is -5.34. The first-order valence-corrected chi connectivity index (χ1v) is 11.5. The molecule has 0 aliphatic carbocycles. The van der Waals surface area contributed by atoms with Gasteiger partial charge in [0.05, 0.1) is 4.90 Å². The molecule has 6 nitrogen and oxygen atoms in total. The van der Waals surface area contributed by atoms with Crippen LogP contribution in [0.15, 0.2) is 64.4 Å². The van der Waals surface area contributed by atoms with E-state index in [1.807, 2.05) is 6.07 Å². The number of nitrogens with one attached hydrogen (secondary N) is 1. The molecular formula is C22H21F3N2O4S. The van der Waals surface area contributed by atoms with Crippen LogP contribution in [0.3, 0.4) is 0 Å². The standard InChI is InChI=1S/C22H21F3N2O4S/c23-22(24,25)32(29,30)19-6-3-15(4-7-19)13-27-11-1-2-18(14-27)31-17-5-8-20-16(12-17)9-10-26-21(20)28/h3-10,12,18H,1-2,11,13-14H2,(H,26,28). The molecule has 0 bridgehead atoms. The number of aromatic amines is 1. The van der Waals surface area contributed by atoms with E-state index in [0.29, 0.717) is 24.2 Å². The third kappa shape index (κ3) is 4.66. The van der Waals surface area contributed by atoms with Gasteiger partial charge in [-0.05, 0) is 66.7 Å². The van der Waals surface area contributed by atoms with Crippen LogP contribution in [0.5, 0.6) is 5.75 Å². The van der Waals surface area contributed by atoms with Crippen LogP contribution in [-0.4, -0.2) is 43.0 Å². The normalized spacial score (nSPS) is 18.0. The zero-order valence-electron chi connectivity index (χ0n) is 16.9. The van der Waals surface area contributed by atoms with Gasteiger partial charge in [-0.15, -0.1) is 0 Å². The number of ether oxygens (including phenoxy) is 1. The minimum Gasteiger partial charge on any atom is -0.489 e. The Balaban J connectivity index is 1.41. The molecule has 1 fully saturated rings. The predicted octanol–water partition coefficient (Wildman–Crippen LogP) is 3.87. The highest BCUT2D eigenvalue weighted by Gasteiger charge is 2.46. The fraction of sp³-hybridized carbons (Fsp3) is 0.318. The van der Waals surface area contributed by atoms with Crippen molar-refractivity contribution in [3.05, 3.63) is 70.6 Å². The van der Waals surface area contributed by atoms with Crippen LogP contribution >= 0.6 is 0 Å². The zero-order chi connectivity index (χ0) is 22.9. The minimum absolute atomic E-state index is 0.0759. The van der Waals surface area contributed by atoms with Gasteiger partial charge in [0.2, 0.25) is 0 Å². The molecule has 0 radical (unpaired) electrons. The number of aromatic nitrogens is 1. The molecule has 1 N–H and O–H groups in total. The number of hydrogen-bond acceptors (Lipinski definition) is 5. The van der Waals surface area contributed by atoms with E-state index in [1.165, 1.54) is 12.1 Å². The Morgan fingerprint density at radius 1 is 1.09 bits per heavy atom. The van der Waals surface area contributed by atoms with Crippen LogP contribution in [0.1, 0.15) is 18.4 Å². The van der Waals surface area contributed by atoms with E-state index in [2.05, 4.69) is 9.88 Å². The van der Waals surface area contributed by atoms with Crippen molar-refractivity contribution in [1.82, 2.24) is 9.88 Å². The average Bonchev–Trinajstić information content (AvgIpc) is 2.74. The number of rotatable bonds is 5. The van der Waals surface area contributed by atoms with E-state index >= 15 is 0 Å². The summed E-state index contributed by atoms with van der Waals surface area (Å²) >= 11 is 0. The van der Waals surface area contributed by atoms with Crippen molar-refractivity contribution in [3.8, 4) is 5.75 Å². The molecular weight excluding hydrogens is 445 g/mol. The molecule has 1 aliphatic heterocycles. The van der Waals surface area contributed by atoms with E-state index < -0.39 is 20.2 Å². The molecule has 3 aromatic rings. The molecule has 10 heteroatoms. The van der Waals surface area contributed by atoms with E-state index in [0.717, 1.165) is 42.5 Å². The van der Waals surface area contributed by atoms with Gasteiger partial charge in [-0.1, -0.05) is 12.1 Å². The molecule has 4 rings (SSSR count). The first-order chi connectivity index (χ1) is 15.1. The van der Waals surface area contributed by atoms with E-state index in [4.69, 9.17) is 4.74 Å². The van der Waals surface area contributed by atoms with Gasteiger partial charge >= 0.3 is 5.51 Å². The Bertz CT molecular complexity index is 1270. The van der Waals surface area contributed by atoms with E-state index in [9.17, 15) is 26.4 Å². The van der Waals surface area contributed by atoms with Crippen molar-refractivity contribution < 1.29 is 26.3 Å². The number of alkyl halides is 3.